The summed E-state index contributed by atoms with van der Waals surface area (Å²) < 4.78 is 59.5. The zero-order valence-electron chi connectivity index (χ0n) is 7.44. The van der Waals surface area contributed by atoms with E-state index in [1.165, 1.54) is 0 Å². The maximum Gasteiger partial charge on any atom is 0.428 e. The van der Waals surface area contributed by atoms with Gasteiger partial charge in [-0.2, -0.15) is 22.0 Å². The molecule has 0 fully saturated rings. The van der Waals surface area contributed by atoms with Gasteiger partial charge in [-0.25, -0.2) is 0 Å². The molecule has 0 bridgehead atoms. The average molecular weight is 419 g/mol. The molecule has 110 valence electrons. The van der Waals surface area contributed by atoms with Gasteiger partial charge in [0, 0.05) is 0 Å². The van der Waals surface area contributed by atoms with Crippen LogP contribution in [0.2, 0.25) is 0 Å². The topological polar surface area (TPSA) is 9.23 Å². The van der Waals surface area contributed by atoms with Gasteiger partial charge < -0.3 is 0 Å². The first-order valence-corrected chi connectivity index (χ1v) is 6.07. The Kier molecular flexibility index (Phi) is 5.94. The highest BCUT2D eigenvalue weighted by Gasteiger charge is 2.71. The van der Waals surface area contributed by atoms with Crippen LogP contribution in [0.25, 0.3) is 0 Å². The Morgan fingerprint density at radius 2 is 0.944 bits per heavy atom. The SMILES string of the molecule is FC(F)(F)C(Cl)(Cl)C(F)(Cl)OC(F)(Cl)C(Cl)(Cl)Cl. The second-order valence-electron chi connectivity index (χ2n) is 2.71. The van der Waals surface area contributed by atoms with E-state index in [1.54, 1.807) is 0 Å². The molecule has 0 heterocycles. The van der Waals surface area contributed by atoms with E-state index in [0.717, 1.165) is 0 Å². The van der Waals surface area contributed by atoms with Crippen molar-refractivity contribution in [1.29, 1.82) is 0 Å². The first-order valence-electron chi connectivity index (χ1n) is 3.43. The molecule has 0 rings (SSSR count). The van der Waals surface area contributed by atoms with Crippen LogP contribution in [-0.2, 0) is 4.74 Å². The van der Waals surface area contributed by atoms with Crippen LogP contribution in [0.3, 0.4) is 0 Å². The van der Waals surface area contributed by atoms with Crippen molar-refractivity contribution in [1.82, 2.24) is 0 Å². The van der Waals surface area contributed by atoms with Crippen LogP contribution in [0.1, 0.15) is 0 Å². The fraction of sp³-hybridized carbons (Fsp3) is 1.00. The molecule has 0 saturated heterocycles. The van der Waals surface area contributed by atoms with Crippen molar-refractivity contribution >= 4 is 81.2 Å². The van der Waals surface area contributed by atoms with Gasteiger partial charge in [-0.05, 0) is 23.2 Å². The maximum atomic E-state index is 13.4. The number of hydrogen-bond donors (Lipinski definition) is 0. The first kappa shape index (κ1) is 19.6. The predicted molar refractivity (Wildman–Crippen MR) is 61.3 cm³/mol. The van der Waals surface area contributed by atoms with Crippen molar-refractivity contribution in [3.05, 3.63) is 0 Å². The minimum Gasteiger partial charge on any atom is -0.277 e. The average Bonchev–Trinajstić information content (AvgIpc) is 1.96. The van der Waals surface area contributed by atoms with Gasteiger partial charge in [-0.1, -0.05) is 58.0 Å². The Hall–Kier alpha value is 1.64. The Morgan fingerprint density at radius 1 is 0.611 bits per heavy atom. The maximum absolute atomic E-state index is 13.4. The van der Waals surface area contributed by atoms with Crippen molar-refractivity contribution < 1.29 is 26.7 Å². The van der Waals surface area contributed by atoms with Crippen LogP contribution in [0.15, 0.2) is 0 Å². The molecular weight excluding hydrogens is 419 g/mol. The molecule has 0 aromatic carbocycles. The van der Waals surface area contributed by atoms with Crippen LogP contribution >= 0.6 is 81.2 Å². The minimum absolute atomic E-state index is 3.17. The Balaban J connectivity index is 5.33. The van der Waals surface area contributed by atoms with Gasteiger partial charge >= 0.3 is 16.8 Å². The lowest BCUT2D eigenvalue weighted by Gasteiger charge is -2.36. The fourth-order valence-electron chi connectivity index (χ4n) is 0.448. The molecule has 18 heavy (non-hydrogen) atoms. The largest absolute Gasteiger partial charge is 0.428 e. The molecule has 0 aliphatic carbocycles. The van der Waals surface area contributed by atoms with Gasteiger partial charge in [-0.15, -0.1) is 0 Å². The van der Waals surface area contributed by atoms with E-state index in [4.69, 9.17) is 46.4 Å². The summed E-state index contributed by atoms with van der Waals surface area (Å²) >= 11 is 33.3. The molecule has 0 amide bonds. The van der Waals surface area contributed by atoms with Crippen molar-refractivity contribution in [2.45, 2.75) is 24.9 Å². The van der Waals surface area contributed by atoms with E-state index in [0.29, 0.717) is 0 Å². The van der Waals surface area contributed by atoms with Crippen LogP contribution in [0.4, 0.5) is 22.0 Å². The lowest BCUT2D eigenvalue weighted by molar-refractivity contribution is -0.249. The molecular formula is C5Cl7F5O. The normalized spacial score (nSPS) is 21.3. The molecule has 0 N–H and O–H groups in total. The van der Waals surface area contributed by atoms with Crippen LogP contribution in [0, 0.1) is 0 Å². The third kappa shape index (κ3) is 4.07. The summed E-state index contributed by atoms with van der Waals surface area (Å²) in [6, 6.07) is 0. The number of halogens is 12. The molecule has 0 saturated carbocycles. The first-order chi connectivity index (χ1) is 7.46. The van der Waals surface area contributed by atoms with Crippen LogP contribution in [0.5, 0.6) is 0 Å². The quantitative estimate of drug-likeness (QED) is 0.413. The van der Waals surface area contributed by atoms with Crippen LogP contribution in [-0.4, -0.2) is 24.9 Å². The molecule has 0 spiro atoms. The monoisotopic (exact) mass is 416 g/mol. The molecule has 0 aromatic rings. The number of hydrogen-bond acceptors (Lipinski definition) is 1. The van der Waals surface area contributed by atoms with E-state index < -0.39 is 24.9 Å². The third-order valence-electron chi connectivity index (χ3n) is 1.31. The highest BCUT2D eigenvalue weighted by molar-refractivity contribution is 6.70. The standard InChI is InChI=1S/C5Cl7F5O/c6-1(7,5(15,16)17)3(11,13)18-4(12,14)2(8,9)10. The third-order valence-corrected chi connectivity index (χ3v) is 4.16. The van der Waals surface area contributed by atoms with E-state index >= 15 is 0 Å². The smallest absolute Gasteiger partial charge is 0.277 e. The van der Waals surface area contributed by atoms with Gasteiger partial charge in [-0.3, -0.25) is 4.74 Å². The van der Waals surface area contributed by atoms with E-state index in [-0.39, 0.29) is 0 Å². The van der Waals surface area contributed by atoms with Crippen LogP contribution < -0.4 is 0 Å². The Bertz CT molecular complexity index is 308. The zero-order valence-corrected chi connectivity index (χ0v) is 12.7. The lowest BCUT2D eigenvalue weighted by Crippen LogP contribution is -2.55. The van der Waals surface area contributed by atoms with Crippen molar-refractivity contribution in [2.24, 2.45) is 0 Å². The van der Waals surface area contributed by atoms with Gasteiger partial charge in [0.25, 0.3) is 8.13 Å². The second kappa shape index (κ2) is 5.44. The number of alkyl halides is 12. The van der Waals surface area contributed by atoms with Gasteiger partial charge in [0.1, 0.15) is 0 Å². The molecule has 13 heteroatoms. The fourth-order valence-corrected chi connectivity index (χ4v) is 1.00. The van der Waals surface area contributed by atoms with E-state index in [2.05, 4.69) is 39.5 Å². The number of ether oxygens (including phenoxy) is 1. The van der Waals surface area contributed by atoms with Gasteiger partial charge in [0.15, 0.2) is 0 Å². The molecule has 0 radical (unpaired) electrons. The molecule has 1 nitrogen and oxygen atoms in total. The zero-order chi connectivity index (χ0) is 15.2. The summed E-state index contributed by atoms with van der Waals surface area (Å²) in [7, 11) is 0. The summed E-state index contributed by atoms with van der Waals surface area (Å²) in [4.78, 5) is 0. The highest BCUT2D eigenvalue weighted by Crippen LogP contribution is 2.56. The van der Waals surface area contributed by atoms with E-state index in [1.807, 2.05) is 0 Å². The van der Waals surface area contributed by atoms with Gasteiger partial charge in [0.05, 0.1) is 0 Å². The van der Waals surface area contributed by atoms with E-state index in [9.17, 15) is 22.0 Å². The minimum atomic E-state index is -5.63. The summed E-state index contributed by atoms with van der Waals surface area (Å²) in [6.45, 7) is 0. The predicted octanol–water partition coefficient (Wildman–Crippen LogP) is 5.83. The highest BCUT2D eigenvalue weighted by atomic mass is 35.6. The summed E-state index contributed by atoms with van der Waals surface area (Å²) in [5.74, 6) is 0. The molecule has 2 unspecified atom stereocenters. The molecule has 0 aliphatic heterocycles. The lowest BCUT2D eigenvalue weighted by atomic mass is 10.4. The van der Waals surface area contributed by atoms with Gasteiger partial charge in [0.2, 0.25) is 0 Å². The molecule has 2 atom stereocenters. The Morgan fingerprint density at radius 3 is 1.17 bits per heavy atom. The Labute approximate surface area is 132 Å². The van der Waals surface area contributed by atoms with Crippen molar-refractivity contribution in [3.8, 4) is 0 Å². The van der Waals surface area contributed by atoms with Crippen molar-refractivity contribution in [3.63, 3.8) is 0 Å². The summed E-state index contributed by atoms with van der Waals surface area (Å²) in [5.41, 5.74) is 0. The number of rotatable bonds is 3. The summed E-state index contributed by atoms with van der Waals surface area (Å²) in [5, 5.41) is -8.62. The molecule has 0 aromatic heterocycles. The second-order valence-corrected chi connectivity index (χ2v) is 7.29. The summed E-state index contributed by atoms with van der Waals surface area (Å²) in [6.07, 6.45) is -5.63. The van der Waals surface area contributed by atoms with Crippen molar-refractivity contribution in [2.75, 3.05) is 0 Å². The molecule has 0 aliphatic rings.